The van der Waals surface area contributed by atoms with E-state index in [2.05, 4.69) is 15.5 Å². The molecule has 2 aliphatic rings. The summed E-state index contributed by atoms with van der Waals surface area (Å²) < 4.78 is 31.0. The van der Waals surface area contributed by atoms with E-state index in [-0.39, 0.29) is 29.9 Å². The number of carbonyl (C=O) groups is 1. The summed E-state index contributed by atoms with van der Waals surface area (Å²) in [5.74, 6) is -1.38. The maximum Gasteiger partial charge on any atom is 0.238 e. The van der Waals surface area contributed by atoms with E-state index in [0.717, 1.165) is 29.8 Å². The fourth-order valence-corrected chi connectivity index (χ4v) is 4.41. The molecule has 2 aromatic rings. The summed E-state index contributed by atoms with van der Waals surface area (Å²) >= 11 is 5.81. The number of carbonyl (C=O) groups excluding carboxylic acids is 1. The van der Waals surface area contributed by atoms with Crippen molar-refractivity contribution in [3.63, 3.8) is 0 Å². The summed E-state index contributed by atoms with van der Waals surface area (Å²) in [6.45, 7) is 2.22. The van der Waals surface area contributed by atoms with Crippen LogP contribution in [0.4, 0.5) is 8.78 Å². The van der Waals surface area contributed by atoms with E-state index in [0.29, 0.717) is 31.4 Å². The maximum atomic E-state index is 14.8. The van der Waals surface area contributed by atoms with Gasteiger partial charge in [-0.2, -0.15) is 0 Å². The third-order valence-corrected chi connectivity index (χ3v) is 5.97. The predicted molar refractivity (Wildman–Crippen MR) is 94.3 cm³/mol. The van der Waals surface area contributed by atoms with Crippen LogP contribution in [0.15, 0.2) is 0 Å². The lowest BCUT2D eigenvalue weighted by Crippen LogP contribution is -2.45. The van der Waals surface area contributed by atoms with Crippen molar-refractivity contribution in [1.29, 1.82) is 0 Å². The third-order valence-electron chi connectivity index (χ3n) is 5.74. The predicted octanol–water partition coefficient (Wildman–Crippen LogP) is 2.33. The number of amides is 1. The van der Waals surface area contributed by atoms with Crippen molar-refractivity contribution in [2.75, 3.05) is 5.88 Å². The van der Waals surface area contributed by atoms with Gasteiger partial charge in [0.1, 0.15) is 5.88 Å². The Labute approximate surface area is 160 Å². The highest BCUT2D eigenvalue weighted by Crippen LogP contribution is 2.33. The van der Waals surface area contributed by atoms with Crippen LogP contribution in [0.1, 0.15) is 40.9 Å². The molecule has 1 aromatic carbocycles. The van der Waals surface area contributed by atoms with Gasteiger partial charge in [-0.25, -0.2) is 13.5 Å². The van der Waals surface area contributed by atoms with Gasteiger partial charge < -0.3 is 4.90 Å². The zero-order valence-electron chi connectivity index (χ0n) is 15.0. The molecule has 6 nitrogen and oxygen atoms in total. The number of hydrogen-bond donors (Lipinski definition) is 0. The molecule has 2 heterocycles. The second kappa shape index (κ2) is 7.14. The summed E-state index contributed by atoms with van der Waals surface area (Å²) in [5.41, 5.74) is 2.36. The van der Waals surface area contributed by atoms with Gasteiger partial charge in [0, 0.05) is 18.5 Å². The quantitative estimate of drug-likeness (QED) is 0.745. The van der Waals surface area contributed by atoms with Crippen LogP contribution in [0.2, 0.25) is 0 Å². The molecule has 1 amide bonds. The first-order chi connectivity index (χ1) is 13.0. The minimum atomic E-state index is -0.848. The smallest absolute Gasteiger partial charge is 0.238 e. The molecule has 0 radical (unpaired) electrons. The number of benzene rings is 1. The Kier molecular flexibility index (Phi) is 4.84. The number of fused-ring (bicyclic) bond motifs is 2. The van der Waals surface area contributed by atoms with Crippen molar-refractivity contribution < 1.29 is 13.6 Å². The molecule has 0 N–H and O–H groups in total. The lowest BCUT2D eigenvalue weighted by molar-refractivity contribution is -0.132. The number of hydrogen-bond acceptors (Lipinski definition) is 4. The summed E-state index contributed by atoms with van der Waals surface area (Å²) in [6, 6.07) is -0.220. The molecule has 9 heteroatoms. The molecule has 0 spiro atoms. The highest BCUT2D eigenvalue weighted by molar-refractivity contribution is 6.27. The van der Waals surface area contributed by atoms with Gasteiger partial charge in [0.05, 0.1) is 12.6 Å². The standard InChI is InChI=1S/C18H20ClF2N5O/c1-10-12-3-2-4-13(12)17(20)18(21)14(10)9-25(16(27)7-19)11-5-6-15-22-23-24-26(15)8-11/h11H,2-9H2,1H3. The molecule has 1 aromatic heterocycles. The van der Waals surface area contributed by atoms with Gasteiger partial charge in [0.2, 0.25) is 5.91 Å². The number of nitrogens with zero attached hydrogens (tertiary/aromatic N) is 5. The van der Waals surface area contributed by atoms with Crippen LogP contribution in [0.5, 0.6) is 0 Å². The lowest BCUT2D eigenvalue weighted by Gasteiger charge is -2.34. The van der Waals surface area contributed by atoms with Crippen molar-refractivity contribution in [3.8, 4) is 0 Å². The number of rotatable bonds is 4. The fourth-order valence-electron chi connectivity index (χ4n) is 4.25. The molecule has 0 bridgehead atoms. The van der Waals surface area contributed by atoms with Gasteiger partial charge in [-0.05, 0) is 59.7 Å². The average molecular weight is 396 g/mol. The molecular formula is C18H20ClF2N5O. The summed E-state index contributed by atoms with van der Waals surface area (Å²) in [6.07, 6.45) is 3.40. The normalized spacial score (nSPS) is 18.3. The van der Waals surface area contributed by atoms with Crippen LogP contribution in [0.25, 0.3) is 0 Å². The van der Waals surface area contributed by atoms with Crippen LogP contribution in [-0.4, -0.2) is 42.9 Å². The monoisotopic (exact) mass is 395 g/mol. The maximum absolute atomic E-state index is 14.8. The number of alkyl halides is 1. The molecule has 1 unspecified atom stereocenters. The molecule has 1 aliphatic carbocycles. The molecular weight excluding hydrogens is 376 g/mol. The first-order valence-electron chi connectivity index (χ1n) is 9.10. The Balaban J connectivity index is 1.68. The molecule has 0 saturated carbocycles. The zero-order chi connectivity index (χ0) is 19.1. The second-order valence-electron chi connectivity index (χ2n) is 7.17. The number of tetrazole rings is 1. The van der Waals surface area contributed by atoms with Gasteiger partial charge >= 0.3 is 0 Å². The lowest BCUT2D eigenvalue weighted by atomic mass is 9.96. The Hall–Kier alpha value is -2.09. The average Bonchev–Trinajstić information content (AvgIpc) is 3.34. The Morgan fingerprint density at radius 3 is 2.81 bits per heavy atom. The first kappa shape index (κ1) is 18.3. The molecule has 1 atom stereocenters. The van der Waals surface area contributed by atoms with Gasteiger partial charge in [0.25, 0.3) is 0 Å². The van der Waals surface area contributed by atoms with E-state index in [4.69, 9.17) is 11.6 Å². The number of halogens is 3. The summed E-state index contributed by atoms with van der Waals surface area (Å²) in [5, 5.41) is 11.5. The van der Waals surface area contributed by atoms with E-state index in [1.165, 1.54) is 0 Å². The second-order valence-corrected chi connectivity index (χ2v) is 7.43. The van der Waals surface area contributed by atoms with Crippen molar-refractivity contribution in [1.82, 2.24) is 25.1 Å². The van der Waals surface area contributed by atoms with Crippen molar-refractivity contribution in [3.05, 3.63) is 39.7 Å². The van der Waals surface area contributed by atoms with E-state index < -0.39 is 11.6 Å². The topological polar surface area (TPSA) is 63.9 Å². The van der Waals surface area contributed by atoms with Crippen LogP contribution in [0.3, 0.4) is 0 Å². The van der Waals surface area contributed by atoms with Gasteiger partial charge in [-0.15, -0.1) is 16.7 Å². The van der Waals surface area contributed by atoms with Crippen LogP contribution < -0.4 is 0 Å². The van der Waals surface area contributed by atoms with Gasteiger partial charge in [-0.3, -0.25) is 4.79 Å². The number of aryl methyl sites for hydroxylation is 1. The molecule has 4 rings (SSSR count). The van der Waals surface area contributed by atoms with Gasteiger partial charge in [0.15, 0.2) is 17.5 Å². The Morgan fingerprint density at radius 1 is 1.26 bits per heavy atom. The summed E-state index contributed by atoms with van der Waals surface area (Å²) in [7, 11) is 0. The van der Waals surface area contributed by atoms with Crippen LogP contribution in [0, 0.1) is 18.6 Å². The van der Waals surface area contributed by atoms with Crippen molar-refractivity contribution in [2.45, 2.75) is 58.2 Å². The highest BCUT2D eigenvalue weighted by Gasteiger charge is 2.32. The Bertz CT molecular complexity index is 900. The number of aromatic nitrogens is 4. The SMILES string of the molecule is Cc1c(CN(C(=O)CCl)C2CCc3nnnn3C2)c(F)c(F)c2c1CCC2. The molecule has 0 fully saturated rings. The molecule has 1 aliphatic heterocycles. The van der Waals surface area contributed by atoms with Crippen molar-refractivity contribution >= 4 is 17.5 Å². The van der Waals surface area contributed by atoms with Crippen molar-refractivity contribution in [2.24, 2.45) is 0 Å². The fraction of sp³-hybridized carbons (Fsp3) is 0.556. The highest BCUT2D eigenvalue weighted by atomic mass is 35.5. The van der Waals surface area contributed by atoms with Crippen LogP contribution >= 0.6 is 11.6 Å². The van der Waals surface area contributed by atoms with E-state index in [1.807, 2.05) is 6.92 Å². The molecule has 0 saturated heterocycles. The minimum absolute atomic E-state index is 0.00442. The molecule has 27 heavy (non-hydrogen) atoms. The largest absolute Gasteiger partial charge is 0.332 e. The van der Waals surface area contributed by atoms with E-state index in [9.17, 15) is 13.6 Å². The van der Waals surface area contributed by atoms with Gasteiger partial charge in [-0.1, -0.05) is 0 Å². The first-order valence-corrected chi connectivity index (χ1v) is 9.63. The summed E-state index contributed by atoms with van der Waals surface area (Å²) in [4.78, 5) is 14.1. The molecule has 144 valence electrons. The van der Waals surface area contributed by atoms with E-state index in [1.54, 1.807) is 9.58 Å². The Morgan fingerprint density at radius 2 is 2.04 bits per heavy atom. The minimum Gasteiger partial charge on any atom is -0.332 e. The third kappa shape index (κ3) is 3.09. The zero-order valence-corrected chi connectivity index (χ0v) is 15.8. The van der Waals surface area contributed by atoms with E-state index >= 15 is 0 Å². The van der Waals surface area contributed by atoms with Crippen LogP contribution in [-0.2, 0) is 37.1 Å².